The number of rotatable bonds is 4. The molecule has 0 saturated carbocycles. The van der Waals surface area contributed by atoms with E-state index < -0.39 is 12.1 Å². The molecule has 0 radical (unpaired) electrons. The van der Waals surface area contributed by atoms with Crippen LogP contribution in [0.25, 0.3) is 0 Å². The molecule has 0 saturated heterocycles. The van der Waals surface area contributed by atoms with E-state index in [1.54, 1.807) is 25.1 Å². The Bertz CT molecular complexity index is 969. The molecule has 2 aromatic rings. The molecule has 4 rings (SSSR count). The predicted octanol–water partition coefficient (Wildman–Crippen LogP) is 3.31. The number of nitrogens with one attached hydrogen (secondary N) is 2. The third-order valence-corrected chi connectivity index (χ3v) is 5.58. The molecule has 29 heavy (non-hydrogen) atoms. The normalized spacial score (nSPS) is 18.7. The number of anilines is 1. The first-order valence-electron chi connectivity index (χ1n) is 10.0. The average Bonchev–Trinajstić information content (AvgIpc) is 2.73. The van der Waals surface area contributed by atoms with Gasteiger partial charge in [0.15, 0.2) is 6.10 Å². The van der Waals surface area contributed by atoms with Gasteiger partial charge in [-0.05, 0) is 67.5 Å². The van der Waals surface area contributed by atoms with Crippen LogP contribution >= 0.6 is 0 Å². The van der Waals surface area contributed by atoms with Crippen LogP contribution in [0.3, 0.4) is 0 Å². The molecule has 0 spiro atoms. The van der Waals surface area contributed by atoms with Crippen LogP contribution in [0.2, 0.25) is 0 Å². The Morgan fingerprint density at radius 1 is 1.10 bits per heavy atom. The lowest BCUT2D eigenvalue weighted by molar-refractivity contribution is -0.130. The van der Waals surface area contributed by atoms with Crippen molar-refractivity contribution in [3.63, 3.8) is 0 Å². The van der Waals surface area contributed by atoms with Crippen molar-refractivity contribution in [3.8, 4) is 0 Å². The van der Waals surface area contributed by atoms with Gasteiger partial charge < -0.3 is 15.4 Å². The van der Waals surface area contributed by atoms with Crippen LogP contribution < -0.4 is 10.6 Å². The van der Waals surface area contributed by atoms with Crippen LogP contribution in [-0.4, -0.2) is 23.9 Å². The van der Waals surface area contributed by atoms with Crippen molar-refractivity contribution in [2.45, 2.75) is 51.2 Å². The number of ether oxygens (including phenoxy) is 1. The van der Waals surface area contributed by atoms with E-state index in [4.69, 9.17) is 4.74 Å². The fraction of sp³-hybridized carbons (Fsp3) is 0.348. The number of hydrogen-bond acceptors (Lipinski definition) is 4. The number of hydrogen-bond donors (Lipinski definition) is 2. The highest BCUT2D eigenvalue weighted by atomic mass is 16.5. The molecule has 0 fully saturated rings. The molecular weight excluding hydrogens is 368 g/mol. The van der Waals surface area contributed by atoms with Crippen molar-refractivity contribution >= 4 is 23.5 Å². The Morgan fingerprint density at radius 3 is 2.79 bits per heavy atom. The quantitative estimate of drug-likeness (QED) is 0.782. The molecule has 6 nitrogen and oxygen atoms in total. The zero-order chi connectivity index (χ0) is 20.4. The van der Waals surface area contributed by atoms with Crippen molar-refractivity contribution in [2.75, 3.05) is 5.32 Å². The van der Waals surface area contributed by atoms with Crippen molar-refractivity contribution in [2.24, 2.45) is 0 Å². The summed E-state index contributed by atoms with van der Waals surface area (Å²) in [4.78, 5) is 36.6. The van der Waals surface area contributed by atoms with E-state index in [0.717, 1.165) is 36.1 Å². The maximum Gasteiger partial charge on any atom is 0.338 e. The fourth-order valence-electron chi connectivity index (χ4n) is 3.99. The van der Waals surface area contributed by atoms with Crippen LogP contribution in [0.4, 0.5) is 5.69 Å². The monoisotopic (exact) mass is 392 g/mol. The van der Waals surface area contributed by atoms with E-state index >= 15 is 0 Å². The zero-order valence-corrected chi connectivity index (χ0v) is 16.4. The average molecular weight is 392 g/mol. The van der Waals surface area contributed by atoms with E-state index in [0.29, 0.717) is 18.4 Å². The standard InChI is InChI=1S/C23H24N2O4/c1-14(22(27)25-20-8-4-6-15-5-2-3-7-18(15)20)29-23(28)17-9-11-19-16(13-17)10-12-21(26)24-19/h2-3,5,7,9,11,13-14,20H,4,6,8,10,12H2,1H3,(H,24,26)(H,25,27)/t14-,20+/m0/s1. The molecule has 150 valence electrons. The van der Waals surface area contributed by atoms with E-state index in [-0.39, 0.29) is 17.9 Å². The number of carbonyl (C=O) groups excluding carboxylic acids is 3. The highest BCUT2D eigenvalue weighted by Crippen LogP contribution is 2.29. The Balaban J connectivity index is 1.39. The first kappa shape index (κ1) is 19.2. The van der Waals surface area contributed by atoms with Gasteiger partial charge in [-0.3, -0.25) is 9.59 Å². The third-order valence-electron chi connectivity index (χ3n) is 5.58. The summed E-state index contributed by atoms with van der Waals surface area (Å²) in [6, 6.07) is 13.1. The second-order valence-corrected chi connectivity index (χ2v) is 7.62. The van der Waals surface area contributed by atoms with Gasteiger partial charge in [-0.2, -0.15) is 0 Å². The van der Waals surface area contributed by atoms with Gasteiger partial charge in [-0.25, -0.2) is 4.79 Å². The summed E-state index contributed by atoms with van der Waals surface area (Å²) >= 11 is 0. The van der Waals surface area contributed by atoms with E-state index in [1.165, 1.54) is 5.56 Å². The summed E-state index contributed by atoms with van der Waals surface area (Å²) in [5.74, 6) is -0.871. The molecule has 2 N–H and O–H groups in total. The fourth-order valence-corrected chi connectivity index (χ4v) is 3.99. The van der Waals surface area contributed by atoms with Gasteiger partial charge in [0, 0.05) is 12.1 Å². The molecule has 2 aromatic carbocycles. The van der Waals surface area contributed by atoms with Gasteiger partial charge in [0.05, 0.1) is 11.6 Å². The van der Waals surface area contributed by atoms with Crippen LogP contribution in [-0.2, 0) is 27.2 Å². The summed E-state index contributed by atoms with van der Waals surface area (Å²) in [5, 5.41) is 5.81. The molecular formula is C23H24N2O4. The minimum atomic E-state index is -0.896. The van der Waals surface area contributed by atoms with Crippen LogP contribution in [0.15, 0.2) is 42.5 Å². The van der Waals surface area contributed by atoms with Gasteiger partial charge in [-0.15, -0.1) is 0 Å². The minimum absolute atomic E-state index is 0.0255. The lowest BCUT2D eigenvalue weighted by atomic mass is 9.87. The predicted molar refractivity (Wildman–Crippen MR) is 109 cm³/mol. The largest absolute Gasteiger partial charge is 0.449 e. The topological polar surface area (TPSA) is 84.5 Å². The van der Waals surface area contributed by atoms with Gasteiger partial charge in [-0.1, -0.05) is 24.3 Å². The van der Waals surface area contributed by atoms with Crippen LogP contribution in [0, 0.1) is 0 Å². The third kappa shape index (κ3) is 4.16. The maximum absolute atomic E-state index is 12.6. The summed E-state index contributed by atoms with van der Waals surface area (Å²) in [5.41, 5.74) is 4.40. The Kier molecular flexibility index (Phi) is 5.34. The summed E-state index contributed by atoms with van der Waals surface area (Å²) in [7, 11) is 0. The second-order valence-electron chi connectivity index (χ2n) is 7.62. The molecule has 6 heteroatoms. The van der Waals surface area contributed by atoms with Crippen LogP contribution in [0.1, 0.15) is 59.3 Å². The lowest BCUT2D eigenvalue weighted by Crippen LogP contribution is -2.39. The zero-order valence-electron chi connectivity index (χ0n) is 16.4. The van der Waals surface area contributed by atoms with Crippen molar-refractivity contribution < 1.29 is 19.1 Å². The van der Waals surface area contributed by atoms with E-state index in [2.05, 4.69) is 16.7 Å². The molecule has 0 bridgehead atoms. The van der Waals surface area contributed by atoms with E-state index in [1.807, 2.05) is 18.2 Å². The molecule has 2 atom stereocenters. The van der Waals surface area contributed by atoms with Crippen LogP contribution in [0.5, 0.6) is 0 Å². The molecule has 0 unspecified atom stereocenters. The summed E-state index contributed by atoms with van der Waals surface area (Å²) in [6.45, 7) is 1.58. The lowest BCUT2D eigenvalue weighted by Gasteiger charge is -2.27. The summed E-state index contributed by atoms with van der Waals surface area (Å²) in [6.07, 6.45) is 2.99. The second kappa shape index (κ2) is 8.07. The van der Waals surface area contributed by atoms with Crippen molar-refractivity contribution in [1.29, 1.82) is 0 Å². The highest BCUT2D eigenvalue weighted by Gasteiger charge is 2.26. The molecule has 1 heterocycles. The molecule has 2 aliphatic rings. The highest BCUT2D eigenvalue weighted by molar-refractivity contribution is 5.96. The van der Waals surface area contributed by atoms with Gasteiger partial charge in [0.25, 0.3) is 5.91 Å². The number of aryl methyl sites for hydroxylation is 2. The molecule has 0 aromatic heterocycles. The van der Waals surface area contributed by atoms with Crippen molar-refractivity contribution in [1.82, 2.24) is 5.32 Å². The SMILES string of the molecule is C[C@H](OC(=O)c1ccc2c(c1)CCC(=O)N2)C(=O)N[C@@H]1CCCc2ccccc21. The Morgan fingerprint density at radius 2 is 1.93 bits per heavy atom. The smallest absolute Gasteiger partial charge is 0.338 e. The number of esters is 1. The number of carbonyl (C=O) groups is 3. The number of amides is 2. The first-order valence-corrected chi connectivity index (χ1v) is 10.0. The molecule has 1 aliphatic carbocycles. The van der Waals surface area contributed by atoms with Gasteiger partial charge in [0.1, 0.15) is 0 Å². The first-order chi connectivity index (χ1) is 14.0. The molecule has 2 amide bonds. The number of benzene rings is 2. The molecule has 1 aliphatic heterocycles. The van der Waals surface area contributed by atoms with Gasteiger partial charge in [0.2, 0.25) is 5.91 Å². The van der Waals surface area contributed by atoms with E-state index in [9.17, 15) is 14.4 Å². The Labute approximate surface area is 169 Å². The maximum atomic E-state index is 12.6. The minimum Gasteiger partial charge on any atom is -0.449 e. The van der Waals surface area contributed by atoms with Gasteiger partial charge >= 0.3 is 5.97 Å². The number of fused-ring (bicyclic) bond motifs is 2. The Hall–Kier alpha value is -3.15. The van der Waals surface area contributed by atoms with Crippen molar-refractivity contribution in [3.05, 3.63) is 64.7 Å². The summed E-state index contributed by atoms with van der Waals surface area (Å²) < 4.78 is 5.40.